The molecule has 24 heavy (non-hydrogen) atoms. The van der Waals surface area contributed by atoms with Gasteiger partial charge in [0.25, 0.3) is 5.91 Å². The Bertz CT molecular complexity index is 779. The summed E-state index contributed by atoms with van der Waals surface area (Å²) < 4.78 is 5.31. The molecule has 7 heteroatoms. The first-order valence-corrected chi connectivity index (χ1v) is 7.84. The summed E-state index contributed by atoms with van der Waals surface area (Å²) in [5.41, 5.74) is 2.24. The minimum absolute atomic E-state index is 0.0255. The monoisotopic (exact) mass is 345 g/mol. The molecule has 124 valence electrons. The number of urea groups is 1. The van der Waals surface area contributed by atoms with Gasteiger partial charge in [-0.05, 0) is 36.2 Å². The number of amides is 3. The minimum Gasteiger partial charge on any atom is -0.482 e. The van der Waals surface area contributed by atoms with Gasteiger partial charge in [-0.3, -0.25) is 4.79 Å². The van der Waals surface area contributed by atoms with E-state index < -0.39 is 0 Å². The van der Waals surface area contributed by atoms with Crippen LogP contribution in [0.1, 0.15) is 5.56 Å². The fraction of sp³-hybridized carbons (Fsp3) is 0.176. The molecular formula is C17H16ClN3O3. The van der Waals surface area contributed by atoms with Gasteiger partial charge in [0.05, 0.1) is 5.69 Å². The summed E-state index contributed by atoms with van der Waals surface area (Å²) >= 11 is 5.92. The maximum absolute atomic E-state index is 11.9. The van der Waals surface area contributed by atoms with E-state index in [0.29, 0.717) is 35.1 Å². The number of nitrogens with one attached hydrogen (secondary N) is 3. The Balaban J connectivity index is 1.51. The van der Waals surface area contributed by atoms with Gasteiger partial charge in [0.15, 0.2) is 6.61 Å². The summed E-state index contributed by atoms with van der Waals surface area (Å²) in [5.74, 6) is 0.341. The van der Waals surface area contributed by atoms with Crippen LogP contribution in [0, 0.1) is 0 Å². The second-order valence-corrected chi connectivity index (χ2v) is 5.75. The first-order valence-electron chi connectivity index (χ1n) is 7.46. The van der Waals surface area contributed by atoms with Crippen LogP contribution in [0.3, 0.4) is 0 Å². The Morgan fingerprint density at radius 2 is 2.12 bits per heavy atom. The van der Waals surface area contributed by atoms with Crippen LogP contribution in [0.5, 0.6) is 5.75 Å². The lowest BCUT2D eigenvalue weighted by Gasteiger charge is -2.18. The SMILES string of the molecule is O=C1COc2cc(NC(=O)NCCc3cccc(Cl)c3)ccc2N1. The van der Waals surface area contributed by atoms with E-state index in [-0.39, 0.29) is 18.5 Å². The quantitative estimate of drug-likeness (QED) is 0.796. The van der Waals surface area contributed by atoms with Crippen LogP contribution >= 0.6 is 11.6 Å². The Kier molecular flexibility index (Phi) is 4.86. The zero-order chi connectivity index (χ0) is 16.9. The van der Waals surface area contributed by atoms with Gasteiger partial charge in [0, 0.05) is 23.3 Å². The predicted octanol–water partition coefficient (Wildman–Crippen LogP) is 3.04. The zero-order valence-electron chi connectivity index (χ0n) is 12.8. The Morgan fingerprint density at radius 1 is 1.25 bits per heavy atom. The molecule has 0 aromatic heterocycles. The summed E-state index contributed by atoms with van der Waals surface area (Å²) in [7, 11) is 0. The van der Waals surface area contributed by atoms with Crippen molar-refractivity contribution in [3.8, 4) is 5.75 Å². The molecule has 6 nitrogen and oxygen atoms in total. The number of carbonyl (C=O) groups excluding carboxylic acids is 2. The molecule has 0 bridgehead atoms. The zero-order valence-corrected chi connectivity index (χ0v) is 13.5. The standard InChI is InChI=1S/C17H16ClN3O3/c18-12-3-1-2-11(8-12)6-7-19-17(23)20-13-4-5-14-15(9-13)24-10-16(22)21-14/h1-5,8-9H,6-7,10H2,(H,21,22)(H2,19,20,23). The predicted molar refractivity (Wildman–Crippen MR) is 92.7 cm³/mol. The van der Waals surface area contributed by atoms with Crippen molar-refractivity contribution in [1.82, 2.24) is 5.32 Å². The molecule has 1 aliphatic rings. The van der Waals surface area contributed by atoms with Gasteiger partial charge in [0.1, 0.15) is 5.75 Å². The van der Waals surface area contributed by atoms with E-state index in [4.69, 9.17) is 16.3 Å². The number of ether oxygens (including phenoxy) is 1. The van der Waals surface area contributed by atoms with Gasteiger partial charge in [-0.2, -0.15) is 0 Å². The third kappa shape index (κ3) is 4.17. The molecule has 0 aliphatic carbocycles. The van der Waals surface area contributed by atoms with Gasteiger partial charge >= 0.3 is 6.03 Å². The molecule has 0 saturated heterocycles. The second kappa shape index (κ2) is 7.23. The maximum atomic E-state index is 11.9. The van der Waals surface area contributed by atoms with Crippen LogP contribution in [-0.4, -0.2) is 25.1 Å². The Hall–Kier alpha value is -2.73. The molecule has 0 fully saturated rings. The van der Waals surface area contributed by atoms with Crippen molar-refractivity contribution in [1.29, 1.82) is 0 Å². The van der Waals surface area contributed by atoms with Gasteiger partial charge in [-0.25, -0.2) is 4.79 Å². The van der Waals surface area contributed by atoms with Gasteiger partial charge in [-0.1, -0.05) is 23.7 Å². The van der Waals surface area contributed by atoms with Crippen molar-refractivity contribution in [3.63, 3.8) is 0 Å². The number of anilines is 2. The highest BCUT2D eigenvalue weighted by Crippen LogP contribution is 2.30. The highest BCUT2D eigenvalue weighted by molar-refractivity contribution is 6.30. The van der Waals surface area contributed by atoms with E-state index >= 15 is 0 Å². The molecule has 2 aromatic rings. The van der Waals surface area contributed by atoms with Crippen molar-refractivity contribution in [2.24, 2.45) is 0 Å². The van der Waals surface area contributed by atoms with Crippen LogP contribution in [0.2, 0.25) is 5.02 Å². The number of benzene rings is 2. The van der Waals surface area contributed by atoms with Crippen molar-refractivity contribution in [3.05, 3.63) is 53.1 Å². The molecule has 2 aromatic carbocycles. The molecule has 0 spiro atoms. The maximum Gasteiger partial charge on any atom is 0.319 e. The summed E-state index contributed by atoms with van der Waals surface area (Å²) in [6.07, 6.45) is 0.688. The molecule has 1 heterocycles. The van der Waals surface area contributed by atoms with Crippen LogP contribution in [0.25, 0.3) is 0 Å². The lowest BCUT2D eigenvalue weighted by molar-refractivity contribution is -0.118. The van der Waals surface area contributed by atoms with E-state index in [2.05, 4.69) is 16.0 Å². The summed E-state index contributed by atoms with van der Waals surface area (Å²) in [6, 6.07) is 12.3. The highest BCUT2D eigenvalue weighted by atomic mass is 35.5. The summed E-state index contributed by atoms with van der Waals surface area (Å²) in [6.45, 7) is 0.464. The van der Waals surface area contributed by atoms with Crippen LogP contribution in [0.15, 0.2) is 42.5 Å². The topological polar surface area (TPSA) is 79.5 Å². The van der Waals surface area contributed by atoms with Crippen molar-refractivity contribution < 1.29 is 14.3 Å². The summed E-state index contributed by atoms with van der Waals surface area (Å²) in [4.78, 5) is 23.2. The molecule has 0 unspecified atom stereocenters. The molecular weight excluding hydrogens is 330 g/mol. The molecule has 0 saturated carbocycles. The third-order valence-electron chi connectivity index (χ3n) is 3.46. The van der Waals surface area contributed by atoms with E-state index in [1.165, 1.54) is 0 Å². The van der Waals surface area contributed by atoms with Crippen LogP contribution in [0.4, 0.5) is 16.2 Å². The average molecular weight is 346 g/mol. The number of hydrogen-bond acceptors (Lipinski definition) is 3. The van der Waals surface area contributed by atoms with Crippen molar-refractivity contribution in [2.75, 3.05) is 23.8 Å². The highest BCUT2D eigenvalue weighted by Gasteiger charge is 2.16. The molecule has 1 aliphatic heterocycles. The number of hydrogen-bond donors (Lipinski definition) is 3. The number of halogens is 1. The van der Waals surface area contributed by atoms with Gasteiger partial charge in [-0.15, -0.1) is 0 Å². The second-order valence-electron chi connectivity index (χ2n) is 5.31. The number of carbonyl (C=O) groups is 2. The van der Waals surface area contributed by atoms with Crippen molar-refractivity contribution in [2.45, 2.75) is 6.42 Å². The minimum atomic E-state index is -0.308. The van der Waals surface area contributed by atoms with E-state index in [1.54, 1.807) is 18.2 Å². The Morgan fingerprint density at radius 3 is 2.96 bits per heavy atom. The largest absolute Gasteiger partial charge is 0.482 e. The molecule has 3 amide bonds. The molecule has 0 atom stereocenters. The third-order valence-corrected chi connectivity index (χ3v) is 3.70. The molecule has 0 radical (unpaired) electrons. The Labute approximate surface area is 144 Å². The first-order chi connectivity index (χ1) is 11.6. The van der Waals surface area contributed by atoms with E-state index in [9.17, 15) is 9.59 Å². The summed E-state index contributed by atoms with van der Waals surface area (Å²) in [5, 5.41) is 8.89. The van der Waals surface area contributed by atoms with E-state index in [0.717, 1.165) is 5.56 Å². The lowest BCUT2D eigenvalue weighted by Crippen LogP contribution is -2.30. The smallest absolute Gasteiger partial charge is 0.319 e. The van der Waals surface area contributed by atoms with Crippen LogP contribution in [-0.2, 0) is 11.2 Å². The van der Waals surface area contributed by atoms with E-state index in [1.807, 2.05) is 24.3 Å². The van der Waals surface area contributed by atoms with Gasteiger partial charge < -0.3 is 20.7 Å². The number of rotatable bonds is 4. The fourth-order valence-corrected chi connectivity index (χ4v) is 2.55. The average Bonchev–Trinajstić information content (AvgIpc) is 2.55. The fourth-order valence-electron chi connectivity index (χ4n) is 2.34. The number of fused-ring (bicyclic) bond motifs is 1. The molecule has 3 N–H and O–H groups in total. The normalized spacial score (nSPS) is 12.6. The van der Waals surface area contributed by atoms with Gasteiger partial charge in [0.2, 0.25) is 0 Å². The van der Waals surface area contributed by atoms with Crippen molar-refractivity contribution >= 4 is 34.9 Å². The molecule has 3 rings (SSSR count). The first kappa shape index (κ1) is 16.1. The lowest BCUT2D eigenvalue weighted by atomic mass is 10.1. The van der Waals surface area contributed by atoms with Crippen LogP contribution < -0.4 is 20.7 Å².